The van der Waals surface area contributed by atoms with Gasteiger partial charge < -0.3 is 9.84 Å². The maximum Gasteiger partial charge on any atom is 0.166 e. The second-order valence-electron chi connectivity index (χ2n) is 3.30. The van der Waals surface area contributed by atoms with Gasteiger partial charge in [0.05, 0.1) is 6.61 Å². The van der Waals surface area contributed by atoms with E-state index in [0.29, 0.717) is 13.0 Å². The molecule has 1 N–H and O–H groups in total. The van der Waals surface area contributed by atoms with Gasteiger partial charge in [-0.15, -0.1) is 0 Å². The quantitative estimate of drug-likeness (QED) is 0.725. The van der Waals surface area contributed by atoms with Gasteiger partial charge in [0.25, 0.3) is 0 Å². The molecule has 1 fully saturated rings. The van der Waals surface area contributed by atoms with Gasteiger partial charge in [-0.25, -0.2) is 9.37 Å². The van der Waals surface area contributed by atoms with Crippen LogP contribution in [-0.2, 0) is 10.3 Å². The number of aromatic nitrogens is 1. The zero-order chi connectivity index (χ0) is 10.2. The van der Waals surface area contributed by atoms with Crippen molar-refractivity contribution < 1.29 is 14.2 Å². The molecule has 1 atom stereocenters. The molecule has 1 aromatic heterocycles. The van der Waals surface area contributed by atoms with Gasteiger partial charge in [-0.05, 0) is 6.07 Å². The number of rotatable bonds is 1. The Kier molecular flexibility index (Phi) is 2.43. The fourth-order valence-electron chi connectivity index (χ4n) is 1.54. The van der Waals surface area contributed by atoms with Crippen molar-refractivity contribution in [2.24, 2.45) is 0 Å². The summed E-state index contributed by atoms with van der Waals surface area (Å²) in [6.07, 6.45) is 1.75. The van der Waals surface area contributed by atoms with Crippen molar-refractivity contribution in [3.05, 3.63) is 28.8 Å². The molecule has 0 amide bonds. The summed E-state index contributed by atoms with van der Waals surface area (Å²) >= 11 is 5.52. The van der Waals surface area contributed by atoms with E-state index in [1.165, 1.54) is 12.3 Å². The van der Waals surface area contributed by atoms with Crippen molar-refractivity contribution in [3.8, 4) is 0 Å². The molecule has 2 heterocycles. The lowest BCUT2D eigenvalue weighted by atomic mass is 9.94. The summed E-state index contributed by atoms with van der Waals surface area (Å²) in [5.41, 5.74) is -1.09. The number of aliphatic hydroxyl groups is 1. The van der Waals surface area contributed by atoms with Crippen molar-refractivity contribution in [2.75, 3.05) is 13.2 Å². The lowest BCUT2D eigenvalue weighted by Gasteiger charge is -2.21. The van der Waals surface area contributed by atoms with E-state index in [2.05, 4.69) is 4.98 Å². The van der Waals surface area contributed by atoms with Crippen LogP contribution in [0.2, 0.25) is 5.15 Å². The molecular formula is C9H9ClFNO2. The average molecular weight is 218 g/mol. The SMILES string of the molecule is OC1(c2ccnc(Cl)c2F)CCOC1. The Bertz CT molecular complexity index is 353. The predicted molar refractivity (Wildman–Crippen MR) is 48.5 cm³/mol. The van der Waals surface area contributed by atoms with Crippen LogP contribution in [0.1, 0.15) is 12.0 Å². The summed E-state index contributed by atoms with van der Waals surface area (Å²) in [5.74, 6) is -0.665. The first-order valence-electron chi connectivity index (χ1n) is 4.24. The van der Waals surface area contributed by atoms with E-state index in [1.54, 1.807) is 0 Å². The van der Waals surface area contributed by atoms with Gasteiger partial charge in [0.15, 0.2) is 11.0 Å². The van der Waals surface area contributed by atoms with Gasteiger partial charge >= 0.3 is 0 Å². The zero-order valence-corrected chi connectivity index (χ0v) is 8.09. The summed E-state index contributed by atoms with van der Waals surface area (Å²) in [4.78, 5) is 3.58. The third-order valence-electron chi connectivity index (χ3n) is 2.35. The third-order valence-corrected chi connectivity index (χ3v) is 2.61. The Balaban J connectivity index is 2.45. The number of pyridine rings is 1. The van der Waals surface area contributed by atoms with E-state index < -0.39 is 11.4 Å². The Labute approximate surface area is 85.5 Å². The molecule has 14 heavy (non-hydrogen) atoms. The van der Waals surface area contributed by atoms with Gasteiger partial charge in [-0.2, -0.15) is 0 Å². The molecule has 1 aromatic rings. The highest BCUT2D eigenvalue weighted by Crippen LogP contribution is 2.33. The van der Waals surface area contributed by atoms with Gasteiger partial charge in [-0.3, -0.25) is 0 Å². The lowest BCUT2D eigenvalue weighted by molar-refractivity contribution is 0.0201. The number of hydrogen-bond acceptors (Lipinski definition) is 3. The maximum atomic E-state index is 13.5. The number of nitrogens with zero attached hydrogens (tertiary/aromatic N) is 1. The number of hydrogen-bond donors (Lipinski definition) is 1. The second kappa shape index (κ2) is 3.46. The summed E-state index contributed by atoms with van der Waals surface area (Å²) in [6, 6.07) is 1.43. The topological polar surface area (TPSA) is 42.4 Å². The Morgan fingerprint density at radius 2 is 2.43 bits per heavy atom. The van der Waals surface area contributed by atoms with E-state index in [9.17, 15) is 9.50 Å². The standard InChI is InChI=1S/C9H9ClFNO2/c10-8-7(11)6(1-3-12-8)9(13)2-4-14-5-9/h1,3,13H,2,4-5H2. The molecule has 0 aliphatic carbocycles. The summed E-state index contributed by atoms with van der Waals surface area (Å²) in [5, 5.41) is 9.80. The van der Waals surface area contributed by atoms with Crippen molar-refractivity contribution in [1.82, 2.24) is 4.98 Å². The van der Waals surface area contributed by atoms with Crippen LogP contribution in [-0.4, -0.2) is 23.3 Å². The smallest absolute Gasteiger partial charge is 0.166 e. The zero-order valence-electron chi connectivity index (χ0n) is 7.33. The van der Waals surface area contributed by atoms with Crippen LogP contribution in [0.4, 0.5) is 4.39 Å². The molecule has 0 radical (unpaired) electrons. The van der Waals surface area contributed by atoms with E-state index in [0.717, 1.165) is 0 Å². The first-order chi connectivity index (χ1) is 6.63. The molecule has 1 aliphatic heterocycles. The highest BCUT2D eigenvalue weighted by atomic mass is 35.5. The third kappa shape index (κ3) is 1.49. The first-order valence-corrected chi connectivity index (χ1v) is 4.62. The van der Waals surface area contributed by atoms with Crippen LogP contribution >= 0.6 is 11.6 Å². The summed E-state index contributed by atoms with van der Waals surface area (Å²) in [7, 11) is 0. The van der Waals surface area contributed by atoms with Crippen LogP contribution < -0.4 is 0 Å². The van der Waals surface area contributed by atoms with E-state index in [1.807, 2.05) is 0 Å². The molecule has 3 nitrogen and oxygen atoms in total. The molecular weight excluding hydrogens is 209 g/mol. The second-order valence-corrected chi connectivity index (χ2v) is 3.66. The van der Waals surface area contributed by atoms with Crippen LogP contribution in [0.15, 0.2) is 12.3 Å². The Morgan fingerprint density at radius 3 is 3.07 bits per heavy atom. The molecule has 76 valence electrons. The van der Waals surface area contributed by atoms with Gasteiger partial charge in [0.1, 0.15) is 5.60 Å². The summed E-state index contributed by atoms with van der Waals surface area (Å²) in [6.45, 7) is 0.528. The van der Waals surface area contributed by atoms with Gasteiger partial charge in [-0.1, -0.05) is 11.6 Å². The minimum atomic E-state index is -1.25. The highest BCUT2D eigenvalue weighted by Gasteiger charge is 2.37. The van der Waals surface area contributed by atoms with E-state index >= 15 is 0 Å². The van der Waals surface area contributed by atoms with Crippen molar-refractivity contribution >= 4 is 11.6 Å². The van der Waals surface area contributed by atoms with Gasteiger partial charge in [0, 0.05) is 24.8 Å². The van der Waals surface area contributed by atoms with Crippen LogP contribution in [0.25, 0.3) is 0 Å². The van der Waals surface area contributed by atoms with Crippen LogP contribution in [0, 0.1) is 5.82 Å². The maximum absolute atomic E-state index is 13.5. The number of halogens is 2. The predicted octanol–water partition coefficient (Wildman–Crippen LogP) is 1.48. The fraction of sp³-hybridized carbons (Fsp3) is 0.444. The Morgan fingerprint density at radius 1 is 1.64 bits per heavy atom. The highest BCUT2D eigenvalue weighted by molar-refractivity contribution is 6.29. The van der Waals surface area contributed by atoms with Gasteiger partial charge in [0.2, 0.25) is 0 Å². The molecule has 0 saturated carbocycles. The van der Waals surface area contributed by atoms with Crippen molar-refractivity contribution in [2.45, 2.75) is 12.0 Å². The van der Waals surface area contributed by atoms with Crippen LogP contribution in [0.5, 0.6) is 0 Å². The molecule has 0 bridgehead atoms. The minimum absolute atomic E-state index is 0.101. The summed E-state index contributed by atoms with van der Waals surface area (Å²) < 4.78 is 18.5. The average Bonchev–Trinajstić information content (AvgIpc) is 2.58. The molecule has 0 spiro atoms. The van der Waals surface area contributed by atoms with Crippen molar-refractivity contribution in [1.29, 1.82) is 0 Å². The molecule has 1 aliphatic rings. The normalized spacial score (nSPS) is 26.8. The molecule has 5 heteroatoms. The van der Waals surface area contributed by atoms with Crippen LogP contribution in [0.3, 0.4) is 0 Å². The first kappa shape index (κ1) is 9.83. The lowest BCUT2D eigenvalue weighted by Crippen LogP contribution is -2.27. The fourth-order valence-corrected chi connectivity index (χ4v) is 1.70. The van der Waals surface area contributed by atoms with E-state index in [4.69, 9.17) is 16.3 Å². The molecule has 2 rings (SSSR count). The van der Waals surface area contributed by atoms with Crippen molar-refractivity contribution in [3.63, 3.8) is 0 Å². The molecule has 1 unspecified atom stereocenters. The Hall–Kier alpha value is -0.710. The van der Waals surface area contributed by atoms with E-state index in [-0.39, 0.29) is 17.3 Å². The molecule has 0 aromatic carbocycles. The monoisotopic (exact) mass is 217 g/mol. The number of ether oxygens (including phenoxy) is 1. The minimum Gasteiger partial charge on any atom is -0.383 e. The largest absolute Gasteiger partial charge is 0.383 e. The molecule has 1 saturated heterocycles.